The highest BCUT2D eigenvalue weighted by Gasteiger charge is 2.44. The second kappa shape index (κ2) is 8.42. The Labute approximate surface area is 228 Å². The number of nitrogens with zero attached hydrogens (tertiary/aromatic N) is 2. The van der Waals surface area contributed by atoms with Crippen molar-refractivity contribution in [3.63, 3.8) is 0 Å². The van der Waals surface area contributed by atoms with Crippen molar-refractivity contribution in [1.29, 1.82) is 0 Å². The first-order valence-corrected chi connectivity index (χ1v) is 15.8. The van der Waals surface area contributed by atoms with Gasteiger partial charge in [0.2, 0.25) is 0 Å². The lowest BCUT2D eigenvalue weighted by Gasteiger charge is -2.18. The van der Waals surface area contributed by atoms with E-state index in [1.165, 1.54) is 11.1 Å². The molecule has 194 valence electrons. The summed E-state index contributed by atoms with van der Waals surface area (Å²) in [5.41, 5.74) is 8.68. The van der Waals surface area contributed by atoms with Crippen LogP contribution in [0, 0.1) is 0 Å². The van der Waals surface area contributed by atoms with E-state index < -0.39 is 12.3 Å². The Hall–Kier alpha value is -2.65. The van der Waals surface area contributed by atoms with Gasteiger partial charge in [0, 0.05) is 46.0 Å². The van der Waals surface area contributed by atoms with Crippen molar-refractivity contribution in [1.82, 2.24) is 14.5 Å². The minimum atomic E-state index is -0.608. The van der Waals surface area contributed by atoms with E-state index >= 15 is 0 Å². The second-order valence-electron chi connectivity index (χ2n) is 10.5. The number of amides is 1. The number of ether oxygens (including phenoxy) is 1. The predicted octanol–water partition coefficient (Wildman–Crippen LogP) is 6.44. The predicted molar refractivity (Wildman–Crippen MR) is 157 cm³/mol. The molecule has 8 rings (SSSR count). The van der Waals surface area contributed by atoms with Crippen molar-refractivity contribution >= 4 is 73.0 Å². The topological polar surface area (TPSA) is 68.4 Å². The third-order valence-corrected chi connectivity index (χ3v) is 10.3. The van der Waals surface area contributed by atoms with Gasteiger partial charge in [-0.05, 0) is 52.5 Å². The number of carbonyl (C=O) groups excluding carboxylic acids is 1. The molecule has 1 saturated heterocycles. The van der Waals surface area contributed by atoms with Gasteiger partial charge in [0.05, 0.1) is 27.6 Å². The Morgan fingerprint density at radius 3 is 2.26 bits per heavy atom. The van der Waals surface area contributed by atoms with Crippen LogP contribution < -0.4 is 5.32 Å². The molecule has 1 fully saturated rings. The van der Waals surface area contributed by atoms with Crippen LogP contribution in [0.25, 0.3) is 43.6 Å². The lowest BCUT2D eigenvalue weighted by atomic mass is 9.96. The van der Waals surface area contributed by atoms with Gasteiger partial charge >= 0.3 is 0 Å². The molecule has 3 aromatic carbocycles. The van der Waals surface area contributed by atoms with E-state index in [0.29, 0.717) is 13.0 Å². The molecule has 3 unspecified atom stereocenters. The van der Waals surface area contributed by atoms with Crippen LogP contribution in [0.2, 0.25) is 0 Å². The Morgan fingerprint density at radius 1 is 0.947 bits per heavy atom. The molecule has 3 aliphatic heterocycles. The lowest BCUT2D eigenvalue weighted by molar-refractivity contribution is -0.0504. The number of aliphatic hydroxyl groups is 1. The number of aliphatic hydroxyl groups excluding tert-OH is 1. The summed E-state index contributed by atoms with van der Waals surface area (Å²) in [7, 11) is 0. The van der Waals surface area contributed by atoms with Crippen LogP contribution in [0.4, 0.5) is 0 Å². The minimum absolute atomic E-state index is 0.00300. The molecule has 0 radical (unpaired) electrons. The number of hydrogen-bond donors (Lipinski definition) is 2. The van der Waals surface area contributed by atoms with Crippen molar-refractivity contribution < 1.29 is 14.6 Å². The molecule has 2 aromatic heterocycles. The first kappa shape index (κ1) is 23.3. The summed E-state index contributed by atoms with van der Waals surface area (Å²) < 4.78 is 11.1. The van der Waals surface area contributed by atoms with Gasteiger partial charge in [-0.25, -0.2) is 0 Å². The van der Waals surface area contributed by atoms with Crippen LogP contribution in [0.15, 0.2) is 36.4 Å². The van der Waals surface area contributed by atoms with Crippen molar-refractivity contribution in [3.05, 3.63) is 58.7 Å². The van der Waals surface area contributed by atoms with Gasteiger partial charge in [-0.15, -0.1) is 0 Å². The summed E-state index contributed by atoms with van der Waals surface area (Å²) in [5, 5.41) is 18.8. The fourth-order valence-electron chi connectivity index (χ4n) is 6.92. The third-order valence-electron chi connectivity index (χ3n) is 8.42. The standard InChI is InChI=1S/C30H29N3O3S2/c1-3-37-13-15-6-8-21-17(9-15)24-19-12-31-29(35)26(19)25-18-10-16(14-38-4-2)5-7-20(18)32-23-11-22(34)30(36-23)33(21)27(24)28(25)32/h5-10,22-23,30,34H,3-4,11-14H2,1-2H3,(H,31,35). The van der Waals surface area contributed by atoms with Crippen molar-refractivity contribution in [2.24, 2.45) is 0 Å². The van der Waals surface area contributed by atoms with Gasteiger partial charge in [0.1, 0.15) is 12.3 Å². The zero-order valence-corrected chi connectivity index (χ0v) is 23.0. The van der Waals surface area contributed by atoms with E-state index in [2.05, 4.69) is 64.7 Å². The smallest absolute Gasteiger partial charge is 0.252 e. The molecule has 8 heteroatoms. The number of thioether (sulfide) groups is 2. The zero-order valence-electron chi connectivity index (χ0n) is 21.4. The van der Waals surface area contributed by atoms with E-state index in [1.54, 1.807) is 0 Å². The molecule has 0 saturated carbocycles. The van der Waals surface area contributed by atoms with Gasteiger partial charge in [0.25, 0.3) is 5.91 Å². The summed E-state index contributed by atoms with van der Waals surface area (Å²) in [5.74, 6) is 4.02. The molecule has 3 aliphatic rings. The summed E-state index contributed by atoms with van der Waals surface area (Å²) >= 11 is 3.81. The quantitative estimate of drug-likeness (QED) is 0.258. The summed E-state index contributed by atoms with van der Waals surface area (Å²) in [6, 6.07) is 13.3. The Bertz CT molecular complexity index is 1820. The van der Waals surface area contributed by atoms with E-state index in [9.17, 15) is 9.90 Å². The Balaban J connectivity index is 1.58. The number of benzene rings is 3. The van der Waals surface area contributed by atoms with Crippen LogP contribution >= 0.6 is 23.5 Å². The first-order valence-electron chi connectivity index (χ1n) is 13.5. The largest absolute Gasteiger partial charge is 0.388 e. The molecule has 5 heterocycles. The summed E-state index contributed by atoms with van der Waals surface area (Å²) in [6.07, 6.45) is -0.835. The van der Waals surface area contributed by atoms with Crippen molar-refractivity contribution in [3.8, 4) is 0 Å². The van der Waals surface area contributed by atoms with Gasteiger partial charge < -0.3 is 24.3 Å². The summed E-state index contributed by atoms with van der Waals surface area (Å²) in [6.45, 7) is 4.88. The van der Waals surface area contributed by atoms with Gasteiger partial charge in [-0.3, -0.25) is 4.79 Å². The number of hydrogen-bond acceptors (Lipinski definition) is 5. The van der Waals surface area contributed by atoms with E-state index in [-0.39, 0.29) is 12.1 Å². The maximum Gasteiger partial charge on any atom is 0.252 e. The van der Waals surface area contributed by atoms with Gasteiger partial charge in [0.15, 0.2) is 6.23 Å². The monoisotopic (exact) mass is 543 g/mol. The molecule has 6 nitrogen and oxygen atoms in total. The fourth-order valence-corrected chi connectivity index (χ4v) is 8.16. The highest BCUT2D eigenvalue weighted by molar-refractivity contribution is 7.98. The molecule has 0 aliphatic carbocycles. The van der Waals surface area contributed by atoms with E-state index in [0.717, 1.165) is 77.8 Å². The summed E-state index contributed by atoms with van der Waals surface area (Å²) in [4.78, 5) is 13.5. The molecule has 2 bridgehead atoms. The van der Waals surface area contributed by atoms with Crippen LogP contribution in [0.5, 0.6) is 0 Å². The van der Waals surface area contributed by atoms with Crippen LogP contribution in [0.3, 0.4) is 0 Å². The molecular weight excluding hydrogens is 514 g/mol. The molecule has 0 spiro atoms. The fraction of sp³-hybridized carbons (Fsp3) is 0.367. The first-order chi connectivity index (χ1) is 18.6. The van der Waals surface area contributed by atoms with Crippen LogP contribution in [0.1, 0.15) is 59.8 Å². The molecule has 2 N–H and O–H groups in total. The van der Waals surface area contributed by atoms with E-state index in [4.69, 9.17) is 4.74 Å². The third kappa shape index (κ3) is 2.97. The molecule has 38 heavy (non-hydrogen) atoms. The average Bonchev–Trinajstić information content (AvgIpc) is 3.63. The van der Waals surface area contributed by atoms with Crippen LogP contribution in [-0.2, 0) is 22.8 Å². The zero-order chi connectivity index (χ0) is 25.7. The SMILES string of the molecule is CCSCc1ccc2c(c1)c1c3c(c4c5cc(CSCC)ccc5n5c4c1n2C1CC(O)C5O1)CNC3=O. The maximum atomic E-state index is 13.5. The molecule has 3 atom stereocenters. The van der Waals surface area contributed by atoms with Gasteiger partial charge in [-0.2, -0.15) is 23.5 Å². The Morgan fingerprint density at radius 2 is 1.58 bits per heavy atom. The number of nitrogens with one attached hydrogen (secondary N) is 1. The molecule has 1 amide bonds. The molecular formula is C30H29N3O3S2. The second-order valence-corrected chi connectivity index (χ2v) is 13.0. The van der Waals surface area contributed by atoms with Crippen molar-refractivity contribution in [2.45, 2.75) is 56.9 Å². The maximum absolute atomic E-state index is 13.5. The number of aromatic nitrogens is 2. The number of rotatable bonds is 6. The molecule has 5 aromatic rings. The van der Waals surface area contributed by atoms with Crippen molar-refractivity contribution in [2.75, 3.05) is 11.5 Å². The van der Waals surface area contributed by atoms with Crippen LogP contribution in [-0.4, -0.2) is 37.8 Å². The normalized spacial score (nSPS) is 21.9. The highest BCUT2D eigenvalue weighted by Crippen LogP contribution is 2.52. The lowest BCUT2D eigenvalue weighted by Crippen LogP contribution is -2.19. The number of fused-ring (bicyclic) bond motifs is 13. The van der Waals surface area contributed by atoms with E-state index in [1.807, 2.05) is 23.5 Å². The minimum Gasteiger partial charge on any atom is -0.388 e. The van der Waals surface area contributed by atoms with Gasteiger partial charge in [-0.1, -0.05) is 26.0 Å². The number of carbonyl (C=O) groups is 1. The average molecular weight is 544 g/mol. The highest BCUT2D eigenvalue weighted by atomic mass is 32.2. The Kier molecular flexibility index (Phi) is 5.15.